The van der Waals surface area contributed by atoms with Crippen LogP contribution in [-0.4, -0.2) is 67.5 Å². The van der Waals surface area contributed by atoms with E-state index in [1.807, 2.05) is 0 Å². The molecule has 7 aromatic carbocycles. The van der Waals surface area contributed by atoms with E-state index in [9.17, 15) is 86.7 Å². The van der Waals surface area contributed by atoms with Gasteiger partial charge in [-0.05, 0) is 194 Å². The minimum atomic E-state index is -1.62. The zero-order valence-corrected chi connectivity index (χ0v) is 62.7. The molecule has 1 aromatic heterocycles. The van der Waals surface area contributed by atoms with Gasteiger partial charge in [0.05, 0.1) is 20.5 Å². The highest BCUT2D eigenvalue weighted by molar-refractivity contribution is 8.00. The number of hydrogen-bond acceptors (Lipinski definition) is 12. The summed E-state index contributed by atoms with van der Waals surface area (Å²) in [7, 11) is 0. The lowest BCUT2D eigenvalue weighted by Gasteiger charge is -2.26. The third-order valence-corrected chi connectivity index (χ3v) is 24.1. The standard InChI is InChI=1S/C21H19F4NO2S.2C20H18ClF2NO2S.C17H15F3N2O2S/c1-11(27)12-2-5-15(6-3-12)29-19-8-13(4-7-16(19)22)21(28)26-14-9-17(23)20(25)18(24)10-14;1-11(25)12-2-5-15(8-12)27-19-9-13(3-6-18(19)23)20(26)24-14-4-7-17(22)16(21)10-14;1-12(25)10-20(6-7-20)11-27-18-8-13(2-4-17(18)23)19(26)24-14-3-5-16(22)15(21)9-14;18-12-6-10(7-13(19)15(12)20)22-16(23)9-5-14(17(24)21-8-9)25-11-3-1-2-4-11/h4,7-10,12,15H,2-3,5-6H2,1H3,(H,26,28);3-4,6-7,9-10,12,15H,2,5,8H2,1H3,(H,24,26);2-5,8-9H,6-7,10-11H2,1H3,(H,24,26);5-8,11H,1-4H2,(H,21,24)(H,22,23). The first kappa shape index (κ1) is 83.6. The number of carbonyl (C=O) groups excluding carboxylic acids is 7. The average molecular weight is 1610 g/mol. The van der Waals surface area contributed by atoms with Crippen molar-refractivity contribution in [2.24, 2.45) is 17.3 Å². The molecule has 4 saturated carbocycles. The van der Waals surface area contributed by atoms with E-state index < -0.39 is 87.6 Å². The van der Waals surface area contributed by atoms with Gasteiger partial charge in [-0.1, -0.05) is 36.0 Å². The highest BCUT2D eigenvalue weighted by Gasteiger charge is 2.43. The van der Waals surface area contributed by atoms with Crippen molar-refractivity contribution in [3.8, 4) is 0 Å². The fraction of sp³-hybridized carbons (Fsp3) is 0.308. The van der Waals surface area contributed by atoms with E-state index in [1.54, 1.807) is 20.8 Å². The van der Waals surface area contributed by atoms with E-state index in [1.165, 1.54) is 132 Å². The number of hydrogen-bond donors (Lipinski definition) is 5. The smallest absolute Gasteiger partial charge is 0.261 e. The minimum Gasteiger partial charge on any atom is -0.327 e. The first-order valence-corrected chi connectivity index (χ1v) is 38.4. The molecule has 0 spiro atoms. The molecule has 8 aromatic rings. The van der Waals surface area contributed by atoms with Crippen molar-refractivity contribution in [2.75, 3.05) is 27.0 Å². The third kappa shape index (κ3) is 23.8. The second-order valence-corrected chi connectivity index (χ2v) is 32.2. The number of pyridine rings is 1. The summed E-state index contributed by atoms with van der Waals surface area (Å²) in [6.45, 7) is 4.74. The summed E-state index contributed by atoms with van der Waals surface area (Å²) in [5.41, 5.74) is 0.759. The Hall–Kier alpha value is -8.41. The molecule has 2 unspecified atom stereocenters. The minimum absolute atomic E-state index is 0.0357. The lowest BCUT2D eigenvalue weighted by atomic mass is 9.86. The van der Waals surface area contributed by atoms with Crippen molar-refractivity contribution < 1.29 is 81.9 Å². The topological polar surface area (TPSA) is 200 Å². The molecule has 13 nitrogen and oxygen atoms in total. The molecular weight excluding hydrogens is 1540 g/mol. The number of aromatic amines is 1. The van der Waals surface area contributed by atoms with Crippen LogP contribution < -0.4 is 26.8 Å². The molecule has 4 fully saturated rings. The predicted octanol–water partition coefficient (Wildman–Crippen LogP) is 21.3. The summed E-state index contributed by atoms with van der Waals surface area (Å²) in [6.07, 6.45) is 13.4. The SMILES string of the molecule is CC(=O)C1CCC(Sc2cc(C(=O)Nc3cc(F)c(F)c(F)c3)ccc2F)CC1.CC(=O)C1CCC(Sc2cc(C(=O)Nc3ccc(F)c(Cl)c3)ccc2F)C1.CC(=O)CC1(CSc2cc(C(=O)Nc3ccc(F)c(Cl)c3)ccc2F)CC1.O=C(Nc1cc(F)c(F)c(F)c1)c1c[nH]c(=O)c(SC2CCCC2)c1. The number of benzene rings is 7. The zero-order valence-electron chi connectivity index (χ0n) is 57.9. The Morgan fingerprint density at radius 1 is 0.417 bits per heavy atom. The molecule has 0 saturated heterocycles. The highest BCUT2D eigenvalue weighted by atomic mass is 35.5. The molecule has 4 aliphatic carbocycles. The van der Waals surface area contributed by atoms with Gasteiger partial charge in [0.15, 0.2) is 34.9 Å². The number of Topliss-reactive ketones (excluding diaryl/α,β-unsaturated/α-hetero) is 3. The molecule has 0 radical (unpaired) electrons. The second kappa shape index (κ2) is 38.3. The third-order valence-electron chi connectivity index (χ3n) is 18.1. The normalized spacial score (nSPS) is 17.0. The maximum atomic E-state index is 14.2. The maximum absolute atomic E-state index is 14.2. The number of amides is 4. The molecule has 12 rings (SSSR count). The van der Waals surface area contributed by atoms with E-state index in [2.05, 4.69) is 26.3 Å². The molecule has 0 bridgehead atoms. The number of halogens is 13. The van der Waals surface area contributed by atoms with Gasteiger partial charge in [0.2, 0.25) is 0 Å². The van der Waals surface area contributed by atoms with Crippen LogP contribution in [0.4, 0.5) is 71.0 Å². The Labute approximate surface area is 641 Å². The largest absolute Gasteiger partial charge is 0.327 e. The molecule has 5 N–H and O–H groups in total. The Morgan fingerprint density at radius 2 is 0.787 bits per heavy atom. The van der Waals surface area contributed by atoms with Crippen LogP contribution in [0.3, 0.4) is 0 Å². The van der Waals surface area contributed by atoms with Crippen LogP contribution in [0.25, 0.3) is 0 Å². The van der Waals surface area contributed by atoms with Gasteiger partial charge in [-0.25, -0.2) is 48.3 Å². The van der Waals surface area contributed by atoms with E-state index in [-0.39, 0.29) is 88.8 Å². The molecule has 0 aliphatic heterocycles. The number of ketones is 3. The van der Waals surface area contributed by atoms with Gasteiger partial charge in [0.1, 0.15) is 46.4 Å². The van der Waals surface area contributed by atoms with Crippen molar-refractivity contribution in [3.05, 3.63) is 234 Å². The van der Waals surface area contributed by atoms with Gasteiger partial charge in [-0.3, -0.25) is 33.6 Å². The van der Waals surface area contributed by atoms with Crippen LogP contribution >= 0.6 is 70.2 Å². The van der Waals surface area contributed by atoms with Crippen LogP contribution in [-0.2, 0) is 14.4 Å². The number of H-pyrrole nitrogens is 1. The molecule has 1 heterocycles. The lowest BCUT2D eigenvalue weighted by Crippen LogP contribution is -2.21. The highest BCUT2D eigenvalue weighted by Crippen LogP contribution is 2.52. The van der Waals surface area contributed by atoms with E-state index in [4.69, 9.17) is 23.2 Å². The molecule has 4 aliphatic rings. The van der Waals surface area contributed by atoms with Crippen molar-refractivity contribution in [2.45, 2.75) is 146 Å². The fourth-order valence-electron chi connectivity index (χ4n) is 12.0. The summed E-state index contributed by atoms with van der Waals surface area (Å²) in [4.78, 5) is 99.7. The van der Waals surface area contributed by atoms with Gasteiger partial charge in [0.25, 0.3) is 29.2 Å². The number of nitrogens with one attached hydrogen (secondary N) is 5. The second-order valence-electron chi connectivity index (χ2n) is 26.4. The first-order chi connectivity index (χ1) is 51.3. The van der Waals surface area contributed by atoms with Crippen LogP contribution in [0.15, 0.2) is 152 Å². The van der Waals surface area contributed by atoms with Crippen LogP contribution in [0.5, 0.6) is 0 Å². The van der Waals surface area contributed by atoms with Crippen LogP contribution in [0.1, 0.15) is 152 Å². The maximum Gasteiger partial charge on any atom is 0.261 e. The van der Waals surface area contributed by atoms with Gasteiger partial charge in [0, 0.05) is 124 Å². The van der Waals surface area contributed by atoms with E-state index in [0.717, 1.165) is 102 Å². The van der Waals surface area contributed by atoms with Crippen LogP contribution in [0.2, 0.25) is 10.0 Å². The van der Waals surface area contributed by atoms with Gasteiger partial charge < -0.3 is 31.0 Å². The average Bonchev–Trinajstić information content (AvgIpc) is 1.60. The lowest BCUT2D eigenvalue weighted by molar-refractivity contribution is -0.122. The summed E-state index contributed by atoms with van der Waals surface area (Å²) >= 11 is 16.9. The number of aromatic nitrogens is 1. The summed E-state index contributed by atoms with van der Waals surface area (Å²) in [5, 5.41) is 10.3. The molecular formula is C78H70Cl2F11N5O8S4. The monoisotopic (exact) mass is 1610 g/mol. The van der Waals surface area contributed by atoms with Crippen LogP contribution in [0, 0.1) is 81.2 Å². The van der Waals surface area contributed by atoms with Gasteiger partial charge >= 0.3 is 0 Å². The molecule has 108 heavy (non-hydrogen) atoms. The zero-order chi connectivity index (χ0) is 78.3. The first-order valence-electron chi connectivity index (χ1n) is 34.0. The van der Waals surface area contributed by atoms with Gasteiger partial charge in [-0.15, -0.1) is 47.0 Å². The van der Waals surface area contributed by atoms with Crippen molar-refractivity contribution in [3.63, 3.8) is 0 Å². The van der Waals surface area contributed by atoms with Crippen molar-refractivity contribution >= 4 is 134 Å². The summed E-state index contributed by atoms with van der Waals surface area (Å²) in [6, 6.07) is 24.0. The number of rotatable bonds is 21. The molecule has 4 amide bonds. The van der Waals surface area contributed by atoms with E-state index in [0.29, 0.717) is 78.2 Å². The molecule has 2 atom stereocenters. The van der Waals surface area contributed by atoms with Gasteiger partial charge in [-0.2, -0.15) is 0 Å². The Balaban J connectivity index is 0.000000166. The number of anilines is 4. The number of carbonyl (C=O) groups is 7. The Kier molecular flexibility index (Phi) is 29.7. The Bertz CT molecular complexity index is 4730. The van der Waals surface area contributed by atoms with E-state index >= 15 is 0 Å². The summed E-state index contributed by atoms with van der Waals surface area (Å²) < 4.78 is 148. The molecule has 570 valence electrons. The van der Waals surface area contributed by atoms with Crippen molar-refractivity contribution in [1.29, 1.82) is 0 Å². The molecule has 30 heteroatoms. The Morgan fingerprint density at radius 3 is 1.21 bits per heavy atom. The fourth-order valence-corrected chi connectivity index (χ4v) is 17.5. The quantitative estimate of drug-likeness (QED) is 0.0259. The van der Waals surface area contributed by atoms with Crippen molar-refractivity contribution in [1.82, 2.24) is 4.98 Å². The summed E-state index contributed by atoms with van der Waals surface area (Å²) in [5.74, 6) is -12.3. The number of thioether (sulfide) groups is 4. The predicted molar refractivity (Wildman–Crippen MR) is 399 cm³/mol.